The second-order valence-electron chi connectivity index (χ2n) is 5.16. The van der Waals surface area contributed by atoms with E-state index in [1.807, 2.05) is 19.0 Å². The average Bonchev–Trinajstić information content (AvgIpc) is 2.52. The molecular formula is C13H25N7O. The number of rotatable bonds is 7. The highest BCUT2D eigenvalue weighted by atomic mass is 16.5. The van der Waals surface area contributed by atoms with Crippen molar-refractivity contribution in [1.82, 2.24) is 19.9 Å². The van der Waals surface area contributed by atoms with Crippen molar-refractivity contribution in [3.05, 3.63) is 0 Å². The van der Waals surface area contributed by atoms with Gasteiger partial charge in [0.25, 0.3) is 0 Å². The van der Waals surface area contributed by atoms with E-state index in [0.29, 0.717) is 17.8 Å². The van der Waals surface area contributed by atoms with Gasteiger partial charge in [0.15, 0.2) is 0 Å². The van der Waals surface area contributed by atoms with Crippen molar-refractivity contribution in [3.8, 4) is 0 Å². The van der Waals surface area contributed by atoms with Crippen LogP contribution >= 0.6 is 0 Å². The zero-order chi connectivity index (χ0) is 15.1. The molecule has 0 bridgehead atoms. The zero-order valence-electron chi connectivity index (χ0n) is 13.1. The summed E-state index contributed by atoms with van der Waals surface area (Å²) in [6.45, 7) is 5.66. The SMILES string of the molecule is CNc1nc(NCCCN2CCOCC2)nc(N(C)C)n1. The molecule has 1 aromatic heterocycles. The fourth-order valence-corrected chi connectivity index (χ4v) is 2.08. The Bertz CT molecular complexity index is 435. The third-order valence-corrected chi connectivity index (χ3v) is 3.29. The van der Waals surface area contributed by atoms with Crippen molar-refractivity contribution in [2.24, 2.45) is 0 Å². The van der Waals surface area contributed by atoms with Gasteiger partial charge in [-0.25, -0.2) is 0 Å². The molecule has 0 saturated carbocycles. The van der Waals surface area contributed by atoms with Gasteiger partial charge in [0.1, 0.15) is 0 Å². The lowest BCUT2D eigenvalue weighted by Crippen LogP contribution is -2.37. The summed E-state index contributed by atoms with van der Waals surface area (Å²) >= 11 is 0. The van der Waals surface area contributed by atoms with Crippen molar-refractivity contribution in [1.29, 1.82) is 0 Å². The minimum absolute atomic E-state index is 0.573. The summed E-state index contributed by atoms with van der Waals surface area (Å²) in [5.41, 5.74) is 0. The second kappa shape index (κ2) is 7.94. The molecule has 1 aliphatic heterocycles. The molecule has 0 radical (unpaired) electrons. The molecule has 8 nitrogen and oxygen atoms in total. The lowest BCUT2D eigenvalue weighted by Gasteiger charge is -2.26. The first-order chi connectivity index (χ1) is 10.2. The molecule has 0 aliphatic carbocycles. The van der Waals surface area contributed by atoms with Gasteiger partial charge in [0, 0.05) is 40.8 Å². The van der Waals surface area contributed by atoms with Crippen LogP contribution in [0.4, 0.5) is 17.8 Å². The zero-order valence-corrected chi connectivity index (χ0v) is 13.1. The fourth-order valence-electron chi connectivity index (χ4n) is 2.08. The topological polar surface area (TPSA) is 78.4 Å². The normalized spacial score (nSPS) is 15.8. The Morgan fingerprint density at radius 1 is 1.14 bits per heavy atom. The Morgan fingerprint density at radius 3 is 2.52 bits per heavy atom. The average molecular weight is 295 g/mol. The van der Waals surface area contributed by atoms with Crippen molar-refractivity contribution < 1.29 is 4.74 Å². The maximum atomic E-state index is 5.34. The number of morpholine rings is 1. The third kappa shape index (κ3) is 4.98. The van der Waals surface area contributed by atoms with Gasteiger partial charge in [-0.15, -0.1) is 0 Å². The maximum absolute atomic E-state index is 5.34. The number of nitrogens with one attached hydrogen (secondary N) is 2. The maximum Gasteiger partial charge on any atom is 0.231 e. The predicted octanol–water partition coefficient (Wildman–Crippen LogP) is 0.114. The number of hydrogen-bond acceptors (Lipinski definition) is 8. The molecule has 0 aromatic carbocycles. The summed E-state index contributed by atoms with van der Waals surface area (Å²) in [5, 5.41) is 6.22. The van der Waals surface area contributed by atoms with Gasteiger partial charge in [-0.2, -0.15) is 15.0 Å². The molecule has 1 fully saturated rings. The number of hydrogen-bond donors (Lipinski definition) is 2. The molecule has 0 atom stereocenters. The van der Waals surface area contributed by atoms with Crippen molar-refractivity contribution >= 4 is 17.8 Å². The van der Waals surface area contributed by atoms with E-state index in [2.05, 4.69) is 30.5 Å². The molecule has 21 heavy (non-hydrogen) atoms. The van der Waals surface area contributed by atoms with E-state index in [1.165, 1.54) is 0 Å². The molecule has 118 valence electrons. The molecular weight excluding hydrogens is 270 g/mol. The predicted molar refractivity (Wildman–Crippen MR) is 84.1 cm³/mol. The van der Waals surface area contributed by atoms with Crippen molar-refractivity contribution in [2.75, 3.05) is 76.1 Å². The monoisotopic (exact) mass is 295 g/mol. The minimum atomic E-state index is 0.573. The third-order valence-electron chi connectivity index (χ3n) is 3.29. The Balaban J connectivity index is 1.80. The Hall–Kier alpha value is -1.67. The van der Waals surface area contributed by atoms with E-state index in [4.69, 9.17) is 4.74 Å². The first-order valence-electron chi connectivity index (χ1n) is 7.34. The molecule has 2 rings (SSSR count). The highest BCUT2D eigenvalue weighted by Crippen LogP contribution is 2.10. The minimum Gasteiger partial charge on any atom is -0.379 e. The summed E-state index contributed by atoms with van der Waals surface area (Å²) in [5.74, 6) is 1.83. The van der Waals surface area contributed by atoms with Gasteiger partial charge in [-0.3, -0.25) is 4.90 Å². The number of anilines is 3. The van der Waals surface area contributed by atoms with Gasteiger partial charge in [-0.05, 0) is 13.0 Å². The smallest absolute Gasteiger partial charge is 0.231 e. The lowest BCUT2D eigenvalue weighted by molar-refractivity contribution is 0.0378. The Kier molecular flexibility index (Phi) is 5.94. The molecule has 0 unspecified atom stereocenters. The van der Waals surface area contributed by atoms with Crippen LogP contribution in [-0.4, -0.2) is 80.4 Å². The van der Waals surface area contributed by atoms with E-state index in [-0.39, 0.29) is 0 Å². The van der Waals surface area contributed by atoms with E-state index in [9.17, 15) is 0 Å². The number of nitrogens with zero attached hydrogens (tertiary/aromatic N) is 5. The first-order valence-corrected chi connectivity index (χ1v) is 7.34. The van der Waals surface area contributed by atoms with E-state index in [0.717, 1.165) is 45.8 Å². The van der Waals surface area contributed by atoms with Crippen LogP contribution < -0.4 is 15.5 Å². The Morgan fingerprint density at radius 2 is 1.86 bits per heavy atom. The molecule has 1 aromatic rings. The van der Waals surface area contributed by atoms with Gasteiger partial charge < -0.3 is 20.3 Å². The van der Waals surface area contributed by atoms with Crippen LogP contribution in [0.25, 0.3) is 0 Å². The molecule has 2 heterocycles. The van der Waals surface area contributed by atoms with Crippen molar-refractivity contribution in [3.63, 3.8) is 0 Å². The van der Waals surface area contributed by atoms with Crippen LogP contribution in [0.2, 0.25) is 0 Å². The Labute approximate surface area is 125 Å². The van der Waals surface area contributed by atoms with Crippen LogP contribution in [0.15, 0.2) is 0 Å². The summed E-state index contributed by atoms with van der Waals surface area (Å²) < 4.78 is 5.34. The van der Waals surface area contributed by atoms with E-state index >= 15 is 0 Å². The highest BCUT2D eigenvalue weighted by Gasteiger charge is 2.10. The highest BCUT2D eigenvalue weighted by molar-refractivity contribution is 5.42. The van der Waals surface area contributed by atoms with Crippen LogP contribution in [0.1, 0.15) is 6.42 Å². The molecule has 0 amide bonds. The van der Waals surface area contributed by atoms with Gasteiger partial charge in [0.05, 0.1) is 13.2 Å². The van der Waals surface area contributed by atoms with Gasteiger partial charge in [0.2, 0.25) is 17.8 Å². The molecule has 8 heteroatoms. The molecule has 0 spiro atoms. The van der Waals surface area contributed by atoms with Gasteiger partial charge >= 0.3 is 0 Å². The first kappa shape index (κ1) is 15.7. The number of aromatic nitrogens is 3. The van der Waals surface area contributed by atoms with Crippen LogP contribution in [0.3, 0.4) is 0 Å². The second-order valence-corrected chi connectivity index (χ2v) is 5.16. The largest absolute Gasteiger partial charge is 0.379 e. The standard InChI is InChI=1S/C13H25N7O/c1-14-11-16-12(18-13(17-11)19(2)3)15-5-4-6-20-7-9-21-10-8-20/h4-10H2,1-3H3,(H2,14,15,16,17,18). The van der Waals surface area contributed by atoms with Crippen LogP contribution in [0.5, 0.6) is 0 Å². The van der Waals surface area contributed by atoms with Crippen molar-refractivity contribution in [2.45, 2.75) is 6.42 Å². The van der Waals surface area contributed by atoms with Crippen LogP contribution in [0, 0.1) is 0 Å². The lowest BCUT2D eigenvalue weighted by atomic mass is 10.3. The molecule has 2 N–H and O–H groups in total. The van der Waals surface area contributed by atoms with E-state index < -0.39 is 0 Å². The number of ether oxygens (including phenoxy) is 1. The van der Waals surface area contributed by atoms with Gasteiger partial charge in [-0.1, -0.05) is 0 Å². The molecule has 1 aliphatic rings. The van der Waals surface area contributed by atoms with Crippen LogP contribution in [-0.2, 0) is 4.74 Å². The quantitative estimate of drug-likeness (QED) is 0.687. The summed E-state index contributed by atoms with van der Waals surface area (Å²) in [6, 6.07) is 0. The summed E-state index contributed by atoms with van der Waals surface area (Å²) in [6.07, 6.45) is 1.05. The summed E-state index contributed by atoms with van der Waals surface area (Å²) in [4.78, 5) is 17.3. The fraction of sp³-hybridized carbons (Fsp3) is 0.769. The summed E-state index contributed by atoms with van der Waals surface area (Å²) in [7, 11) is 5.63. The van der Waals surface area contributed by atoms with E-state index in [1.54, 1.807) is 7.05 Å². The molecule has 1 saturated heterocycles.